The van der Waals surface area contributed by atoms with Gasteiger partial charge in [0.2, 0.25) is 16.4 Å². The summed E-state index contributed by atoms with van der Waals surface area (Å²) >= 11 is 4.80. The first kappa shape index (κ1) is 26.8. The Kier molecular flexibility index (Phi) is 6.70. The van der Waals surface area contributed by atoms with E-state index in [2.05, 4.69) is 15.1 Å². The van der Waals surface area contributed by atoms with E-state index in [0.29, 0.717) is 49.7 Å². The van der Waals surface area contributed by atoms with Gasteiger partial charge in [0, 0.05) is 49.2 Å². The van der Waals surface area contributed by atoms with Gasteiger partial charge in [0.25, 0.3) is 0 Å². The predicted octanol–water partition coefficient (Wildman–Crippen LogP) is 4.25. The fourth-order valence-corrected chi connectivity index (χ4v) is 5.56. The third-order valence-electron chi connectivity index (χ3n) is 7.74. The molecule has 4 N–H and O–H groups in total. The lowest BCUT2D eigenvalue weighted by molar-refractivity contribution is 0.0695. The Morgan fingerprint density at radius 3 is 2.51 bits per heavy atom. The molecule has 4 aromatic rings. The van der Waals surface area contributed by atoms with Crippen LogP contribution in [0.15, 0.2) is 51.6 Å². The number of thiocarbonyl (C=S) groups is 1. The highest BCUT2D eigenvalue weighted by atomic mass is 32.1. The van der Waals surface area contributed by atoms with Crippen LogP contribution >= 0.6 is 12.2 Å². The molecule has 2 aromatic carbocycles. The van der Waals surface area contributed by atoms with Crippen molar-refractivity contribution in [3.8, 4) is 5.88 Å². The van der Waals surface area contributed by atoms with Gasteiger partial charge in [-0.1, -0.05) is 11.6 Å². The second kappa shape index (κ2) is 10.2. The average Bonchev–Trinajstić information content (AvgIpc) is 3.74. The number of aromatic nitrogens is 2. The standard InChI is InChI=1S/C28H28FN7O4S/c1-15-2-5-21-17(10-15)24(31-32-28(30)41)26(38)36(21)14-33-6-8-34(9-7-33)23-12-22-18(11-20(23)29)25(37)19(27(39)40)13-35(22)16-3-4-16/h2,5,10-13,16,38H,3-4,6-9,14H2,1H3,(H2,30,41)(H,39,40). The van der Waals surface area contributed by atoms with Gasteiger partial charge < -0.3 is 25.4 Å². The summed E-state index contributed by atoms with van der Waals surface area (Å²) in [5.74, 6) is -1.93. The SMILES string of the molecule is Cc1ccc2c(c1)c(N=NC(N)=S)c(O)n2CN1CCN(c2cc3c(cc2F)c(=O)c(C(=O)O)cn3C2CC2)CC1. The summed E-state index contributed by atoms with van der Waals surface area (Å²) in [4.78, 5) is 28.5. The minimum absolute atomic E-state index is 0.0487. The second-order valence-corrected chi connectivity index (χ2v) is 11.0. The first-order valence-electron chi connectivity index (χ1n) is 13.2. The van der Waals surface area contributed by atoms with Gasteiger partial charge in [-0.3, -0.25) is 14.3 Å². The summed E-state index contributed by atoms with van der Waals surface area (Å²) < 4.78 is 18.9. The lowest BCUT2D eigenvalue weighted by atomic mass is 10.1. The predicted molar refractivity (Wildman–Crippen MR) is 157 cm³/mol. The minimum atomic E-state index is -1.32. The number of halogens is 1. The minimum Gasteiger partial charge on any atom is -0.493 e. The highest BCUT2D eigenvalue weighted by Gasteiger charge is 2.29. The molecule has 2 fully saturated rings. The fraction of sp³-hybridized carbons (Fsp3) is 0.321. The van der Waals surface area contributed by atoms with Crippen LogP contribution in [0.4, 0.5) is 15.8 Å². The van der Waals surface area contributed by atoms with Crippen LogP contribution in [-0.4, -0.2) is 61.5 Å². The normalized spacial score (nSPS) is 16.3. The number of pyridine rings is 1. The van der Waals surface area contributed by atoms with Crippen molar-refractivity contribution in [2.24, 2.45) is 16.0 Å². The van der Waals surface area contributed by atoms with Gasteiger partial charge >= 0.3 is 5.97 Å². The van der Waals surface area contributed by atoms with Gasteiger partial charge in [0.05, 0.1) is 23.4 Å². The number of nitrogens with two attached hydrogens (primary N) is 1. The number of benzene rings is 2. The molecule has 0 atom stereocenters. The number of hydrogen-bond acceptors (Lipinski definition) is 7. The Morgan fingerprint density at radius 2 is 1.85 bits per heavy atom. The van der Waals surface area contributed by atoms with Crippen LogP contribution < -0.4 is 16.1 Å². The summed E-state index contributed by atoms with van der Waals surface area (Å²) in [6.45, 7) is 4.51. The number of azo groups is 1. The van der Waals surface area contributed by atoms with E-state index in [4.69, 9.17) is 18.0 Å². The zero-order chi connectivity index (χ0) is 29.0. The Hall–Kier alpha value is -4.36. The van der Waals surface area contributed by atoms with Gasteiger partial charge in [0.15, 0.2) is 5.69 Å². The van der Waals surface area contributed by atoms with Crippen molar-refractivity contribution in [1.82, 2.24) is 14.0 Å². The summed E-state index contributed by atoms with van der Waals surface area (Å²) in [6.07, 6.45) is 3.14. The monoisotopic (exact) mass is 577 g/mol. The Bertz CT molecular complexity index is 1820. The quantitative estimate of drug-likeness (QED) is 0.228. The summed E-state index contributed by atoms with van der Waals surface area (Å²) in [5, 5.41) is 29.0. The van der Waals surface area contributed by atoms with E-state index in [-0.39, 0.29) is 28.0 Å². The van der Waals surface area contributed by atoms with E-state index < -0.39 is 17.2 Å². The van der Waals surface area contributed by atoms with Gasteiger partial charge in [-0.2, -0.15) is 0 Å². The first-order valence-corrected chi connectivity index (χ1v) is 13.6. The fourth-order valence-electron chi connectivity index (χ4n) is 5.52. The lowest BCUT2D eigenvalue weighted by Gasteiger charge is -2.36. The van der Waals surface area contributed by atoms with Crippen molar-refractivity contribution in [3.05, 3.63) is 63.7 Å². The molecule has 0 radical (unpaired) electrons. The van der Waals surface area contributed by atoms with E-state index in [1.807, 2.05) is 30.0 Å². The van der Waals surface area contributed by atoms with Crippen LogP contribution in [0.3, 0.4) is 0 Å². The van der Waals surface area contributed by atoms with Gasteiger partial charge in [-0.25, -0.2) is 9.18 Å². The molecule has 2 aliphatic rings. The molecule has 3 heterocycles. The largest absolute Gasteiger partial charge is 0.493 e. The van der Waals surface area contributed by atoms with Crippen molar-refractivity contribution in [2.75, 3.05) is 31.1 Å². The number of rotatable bonds is 6. The van der Waals surface area contributed by atoms with Crippen LogP contribution in [0.5, 0.6) is 5.88 Å². The molecular formula is C28H28FN7O4S. The van der Waals surface area contributed by atoms with Crippen molar-refractivity contribution >= 4 is 56.5 Å². The molecule has 41 heavy (non-hydrogen) atoms. The Morgan fingerprint density at radius 1 is 1.12 bits per heavy atom. The van der Waals surface area contributed by atoms with Gasteiger partial charge in [0.1, 0.15) is 11.4 Å². The average molecular weight is 578 g/mol. The van der Waals surface area contributed by atoms with Crippen LogP contribution in [0.2, 0.25) is 0 Å². The molecule has 0 spiro atoms. The summed E-state index contributed by atoms with van der Waals surface area (Å²) in [7, 11) is 0. The summed E-state index contributed by atoms with van der Waals surface area (Å²) in [6, 6.07) is 8.72. The third kappa shape index (κ3) is 4.91. The second-order valence-electron chi connectivity index (χ2n) is 10.5. The number of carboxylic acid groups (broad SMARTS) is 1. The lowest BCUT2D eigenvalue weighted by Crippen LogP contribution is -2.47. The van der Waals surface area contributed by atoms with Crippen molar-refractivity contribution in [1.29, 1.82) is 0 Å². The smallest absolute Gasteiger partial charge is 0.341 e. The van der Waals surface area contributed by atoms with Crippen molar-refractivity contribution in [2.45, 2.75) is 32.5 Å². The molecule has 6 rings (SSSR count). The van der Waals surface area contributed by atoms with Crippen molar-refractivity contribution in [3.63, 3.8) is 0 Å². The number of piperazine rings is 1. The topological polar surface area (TPSA) is 142 Å². The van der Waals surface area contributed by atoms with E-state index in [0.717, 1.165) is 29.3 Å². The van der Waals surface area contributed by atoms with E-state index in [9.17, 15) is 19.8 Å². The van der Waals surface area contributed by atoms with Crippen LogP contribution in [0, 0.1) is 12.7 Å². The number of aromatic carboxylic acids is 1. The number of anilines is 1. The molecule has 1 saturated heterocycles. The molecule has 0 bridgehead atoms. The number of carboxylic acids is 1. The highest BCUT2D eigenvalue weighted by Crippen LogP contribution is 2.40. The maximum atomic E-state index is 15.4. The van der Waals surface area contributed by atoms with Crippen LogP contribution in [-0.2, 0) is 6.67 Å². The maximum Gasteiger partial charge on any atom is 0.341 e. The van der Waals surface area contributed by atoms with E-state index >= 15 is 4.39 Å². The van der Waals surface area contributed by atoms with Crippen molar-refractivity contribution < 1.29 is 19.4 Å². The number of aryl methyl sites for hydroxylation is 1. The van der Waals surface area contributed by atoms with E-state index in [1.54, 1.807) is 15.2 Å². The molecule has 11 nitrogen and oxygen atoms in total. The zero-order valence-electron chi connectivity index (χ0n) is 22.2. The molecule has 1 aliphatic heterocycles. The molecule has 212 valence electrons. The van der Waals surface area contributed by atoms with Gasteiger partial charge in [-0.15, -0.1) is 10.2 Å². The van der Waals surface area contributed by atoms with E-state index in [1.165, 1.54) is 12.3 Å². The van der Waals surface area contributed by atoms with Gasteiger partial charge in [-0.05, 0) is 56.2 Å². The first-order chi connectivity index (χ1) is 19.6. The summed E-state index contributed by atoms with van der Waals surface area (Å²) in [5.41, 5.74) is 7.44. The third-order valence-corrected chi connectivity index (χ3v) is 7.82. The molecule has 0 unspecified atom stereocenters. The maximum absolute atomic E-state index is 15.4. The number of nitrogens with zero attached hydrogens (tertiary/aromatic N) is 6. The molecule has 1 aliphatic carbocycles. The Labute approximate surface area is 238 Å². The van der Waals surface area contributed by atoms with Crippen LogP contribution in [0.25, 0.3) is 21.8 Å². The number of carbonyl (C=O) groups is 1. The number of fused-ring (bicyclic) bond motifs is 2. The Balaban J connectivity index is 1.26. The number of hydrogen-bond donors (Lipinski definition) is 3. The highest BCUT2D eigenvalue weighted by molar-refractivity contribution is 7.80. The molecule has 0 amide bonds. The molecule has 2 aromatic heterocycles. The molecule has 13 heteroatoms. The molecular weight excluding hydrogens is 549 g/mol. The zero-order valence-corrected chi connectivity index (χ0v) is 23.1. The molecule has 1 saturated carbocycles. The van der Waals surface area contributed by atoms with Crippen LogP contribution in [0.1, 0.15) is 34.8 Å². The number of aromatic hydroxyl groups is 1.